The Kier molecular flexibility index (Phi) is 9.89. The number of nitrogens with one attached hydrogen (secondary N) is 1. The number of pyridine rings is 1. The van der Waals surface area contributed by atoms with Crippen LogP contribution in [-0.2, 0) is 16.0 Å². The minimum absolute atomic E-state index is 0. The van der Waals surface area contributed by atoms with E-state index in [-0.39, 0.29) is 25.6 Å². The average molecular weight is 423 g/mol. The molecule has 7 heteroatoms. The quantitative estimate of drug-likeness (QED) is 0.482. The molecule has 0 fully saturated rings. The zero-order valence-corrected chi connectivity index (χ0v) is 18.6. The first-order chi connectivity index (χ1) is 13.5. The molecule has 0 unspecified atom stereocenters. The SMILES string of the molecule is CCOC(=O)c1[nH]c(C[n+]2ccc(C(CC)CC)cc2)c(C(=O)OCC)c1C.[Cl-]. The number of aromatic amines is 1. The van der Waals surface area contributed by atoms with E-state index in [0.29, 0.717) is 35.0 Å². The third-order valence-corrected chi connectivity index (χ3v) is 5.00. The van der Waals surface area contributed by atoms with E-state index in [1.165, 1.54) is 5.56 Å². The number of rotatable bonds is 9. The number of esters is 2. The molecule has 0 saturated carbocycles. The van der Waals surface area contributed by atoms with Crippen molar-refractivity contribution in [3.8, 4) is 0 Å². The highest BCUT2D eigenvalue weighted by atomic mass is 35.5. The van der Waals surface area contributed by atoms with Crippen LogP contribution in [0.25, 0.3) is 0 Å². The van der Waals surface area contributed by atoms with Crippen molar-refractivity contribution in [1.29, 1.82) is 0 Å². The molecule has 0 amide bonds. The molecular weight excluding hydrogens is 392 g/mol. The van der Waals surface area contributed by atoms with Crippen molar-refractivity contribution in [2.45, 2.75) is 59.9 Å². The van der Waals surface area contributed by atoms with E-state index in [1.807, 2.05) is 17.0 Å². The third kappa shape index (κ3) is 5.82. The van der Waals surface area contributed by atoms with Gasteiger partial charge in [0.2, 0.25) is 0 Å². The molecule has 2 aromatic rings. The molecule has 0 aliphatic rings. The van der Waals surface area contributed by atoms with Gasteiger partial charge in [-0.25, -0.2) is 9.59 Å². The predicted molar refractivity (Wildman–Crippen MR) is 107 cm³/mol. The van der Waals surface area contributed by atoms with Crippen LogP contribution >= 0.6 is 0 Å². The zero-order valence-electron chi connectivity index (χ0n) is 17.9. The number of halogens is 1. The Hall–Kier alpha value is -2.34. The van der Waals surface area contributed by atoms with Gasteiger partial charge in [-0.2, -0.15) is 4.57 Å². The van der Waals surface area contributed by atoms with Crippen molar-refractivity contribution in [2.24, 2.45) is 0 Å². The van der Waals surface area contributed by atoms with Gasteiger partial charge in [0.15, 0.2) is 18.9 Å². The first-order valence-electron chi connectivity index (χ1n) is 10.0. The van der Waals surface area contributed by atoms with Crippen LogP contribution in [0.3, 0.4) is 0 Å². The standard InChI is InChI=1S/C22H30N2O4.ClH/c1-6-16(7-2)17-10-12-24(13-11-17)14-18-19(21(25)27-8-3)15(5)20(23-18)22(26)28-9-4;/h10-13,16H,6-9,14H2,1-5H3;1H. The molecule has 1 N–H and O–H groups in total. The monoisotopic (exact) mass is 422 g/mol. The second-order valence-electron chi connectivity index (χ2n) is 6.74. The van der Waals surface area contributed by atoms with Crippen molar-refractivity contribution < 1.29 is 36.0 Å². The van der Waals surface area contributed by atoms with E-state index in [1.54, 1.807) is 20.8 Å². The number of carbonyl (C=O) groups is 2. The number of ether oxygens (including phenoxy) is 2. The van der Waals surface area contributed by atoms with Gasteiger partial charge in [-0.1, -0.05) is 13.8 Å². The summed E-state index contributed by atoms with van der Waals surface area (Å²) in [6, 6.07) is 4.23. The van der Waals surface area contributed by atoms with Gasteiger partial charge in [-0.3, -0.25) is 0 Å². The molecule has 2 aromatic heterocycles. The molecule has 0 saturated heterocycles. The van der Waals surface area contributed by atoms with Crippen molar-refractivity contribution in [3.05, 3.63) is 52.6 Å². The van der Waals surface area contributed by atoms with Crippen molar-refractivity contribution >= 4 is 11.9 Å². The molecule has 0 atom stereocenters. The largest absolute Gasteiger partial charge is 1.00 e. The molecule has 0 spiro atoms. The van der Waals surface area contributed by atoms with Gasteiger partial charge < -0.3 is 26.9 Å². The van der Waals surface area contributed by atoms with Gasteiger partial charge in [0.05, 0.1) is 24.5 Å². The summed E-state index contributed by atoms with van der Waals surface area (Å²) in [5.41, 5.74) is 3.21. The Bertz CT molecular complexity index is 811. The van der Waals surface area contributed by atoms with Gasteiger partial charge in [0.1, 0.15) is 5.69 Å². The van der Waals surface area contributed by atoms with E-state index >= 15 is 0 Å². The summed E-state index contributed by atoms with van der Waals surface area (Å²) in [5, 5.41) is 0. The van der Waals surface area contributed by atoms with Crippen LogP contribution < -0.4 is 17.0 Å². The molecule has 0 aromatic carbocycles. The predicted octanol–water partition coefficient (Wildman–Crippen LogP) is 0.920. The molecule has 160 valence electrons. The lowest BCUT2D eigenvalue weighted by Crippen LogP contribution is -3.00. The highest BCUT2D eigenvalue weighted by Gasteiger charge is 2.27. The van der Waals surface area contributed by atoms with Crippen molar-refractivity contribution in [2.75, 3.05) is 13.2 Å². The van der Waals surface area contributed by atoms with Gasteiger partial charge in [0.25, 0.3) is 0 Å². The summed E-state index contributed by atoms with van der Waals surface area (Å²) in [4.78, 5) is 27.8. The maximum atomic E-state index is 12.5. The maximum absolute atomic E-state index is 12.5. The molecule has 0 aliphatic heterocycles. The fourth-order valence-electron chi connectivity index (χ4n) is 3.45. The Morgan fingerprint density at radius 2 is 1.55 bits per heavy atom. The van der Waals surface area contributed by atoms with Gasteiger partial charge in [0, 0.05) is 12.1 Å². The van der Waals surface area contributed by atoms with E-state index in [9.17, 15) is 9.59 Å². The summed E-state index contributed by atoms with van der Waals surface area (Å²) < 4.78 is 12.3. The molecule has 29 heavy (non-hydrogen) atoms. The molecule has 2 heterocycles. The number of aromatic nitrogens is 2. The fraction of sp³-hybridized carbons (Fsp3) is 0.500. The van der Waals surface area contributed by atoms with Crippen molar-refractivity contribution in [1.82, 2.24) is 4.98 Å². The second kappa shape index (κ2) is 11.6. The van der Waals surface area contributed by atoms with Gasteiger partial charge in [-0.05, 0) is 50.7 Å². The number of nitrogens with zero attached hydrogens (tertiary/aromatic N) is 1. The van der Waals surface area contributed by atoms with Gasteiger partial charge in [-0.15, -0.1) is 0 Å². The number of hydrogen-bond donors (Lipinski definition) is 1. The Morgan fingerprint density at radius 3 is 2.07 bits per heavy atom. The molecule has 2 rings (SSSR count). The smallest absolute Gasteiger partial charge is 0.355 e. The van der Waals surface area contributed by atoms with E-state index in [0.717, 1.165) is 12.8 Å². The Labute approximate surface area is 179 Å². The Morgan fingerprint density at radius 1 is 1.00 bits per heavy atom. The lowest BCUT2D eigenvalue weighted by molar-refractivity contribution is -0.688. The van der Waals surface area contributed by atoms with Crippen LogP contribution in [0.5, 0.6) is 0 Å². The second-order valence-corrected chi connectivity index (χ2v) is 6.74. The summed E-state index contributed by atoms with van der Waals surface area (Å²) in [6.45, 7) is 10.6. The lowest BCUT2D eigenvalue weighted by atomic mass is 9.95. The Balaban J connectivity index is 0.00000420. The fourth-order valence-corrected chi connectivity index (χ4v) is 3.45. The highest BCUT2D eigenvalue weighted by molar-refractivity contribution is 5.98. The number of hydrogen-bond acceptors (Lipinski definition) is 4. The van der Waals surface area contributed by atoms with Crippen molar-refractivity contribution in [3.63, 3.8) is 0 Å². The number of carbonyl (C=O) groups excluding carboxylic acids is 2. The van der Waals surface area contributed by atoms with E-state index in [2.05, 4.69) is 31.0 Å². The maximum Gasteiger partial charge on any atom is 0.355 e. The topological polar surface area (TPSA) is 72.3 Å². The molecule has 0 bridgehead atoms. The normalized spacial score (nSPS) is 10.6. The minimum atomic E-state index is -0.467. The van der Waals surface area contributed by atoms with Crippen LogP contribution in [0.2, 0.25) is 0 Å². The first kappa shape index (κ1) is 24.7. The molecule has 0 aliphatic carbocycles. The van der Waals surface area contributed by atoms with Crippen LogP contribution in [-0.4, -0.2) is 30.1 Å². The van der Waals surface area contributed by atoms with Crippen LogP contribution in [0, 0.1) is 6.92 Å². The lowest BCUT2D eigenvalue weighted by Gasteiger charge is -2.11. The van der Waals surface area contributed by atoms with Crippen LogP contribution in [0.1, 0.15) is 84.1 Å². The highest BCUT2D eigenvalue weighted by Crippen LogP contribution is 2.23. The van der Waals surface area contributed by atoms with E-state index in [4.69, 9.17) is 9.47 Å². The minimum Gasteiger partial charge on any atom is -1.00 e. The zero-order chi connectivity index (χ0) is 20.7. The summed E-state index contributed by atoms with van der Waals surface area (Å²) in [5.74, 6) is -0.352. The van der Waals surface area contributed by atoms with Crippen LogP contribution in [0.15, 0.2) is 24.5 Å². The van der Waals surface area contributed by atoms with E-state index < -0.39 is 11.9 Å². The molecular formula is C22H31ClN2O4. The third-order valence-electron chi connectivity index (χ3n) is 5.00. The summed E-state index contributed by atoms with van der Waals surface area (Å²) in [7, 11) is 0. The molecule has 0 radical (unpaired) electrons. The number of H-pyrrole nitrogens is 1. The average Bonchev–Trinajstić information content (AvgIpc) is 3.00. The van der Waals surface area contributed by atoms with Crippen LogP contribution in [0.4, 0.5) is 0 Å². The summed E-state index contributed by atoms with van der Waals surface area (Å²) >= 11 is 0. The van der Waals surface area contributed by atoms with Gasteiger partial charge >= 0.3 is 11.9 Å². The first-order valence-corrected chi connectivity index (χ1v) is 10.0. The summed E-state index contributed by atoms with van der Waals surface area (Å²) in [6.07, 6.45) is 6.21. The molecule has 6 nitrogen and oxygen atoms in total.